The van der Waals surface area contributed by atoms with Gasteiger partial charge in [-0.1, -0.05) is 154 Å². The van der Waals surface area contributed by atoms with E-state index in [4.69, 9.17) is 38.6 Å². The van der Waals surface area contributed by atoms with Crippen LogP contribution >= 0.6 is 0 Å². The molecule has 0 saturated heterocycles. The molecule has 0 aliphatic rings. The minimum Gasteiger partial charge on any atom is -1.00 e. The quantitative estimate of drug-likeness (QED) is 0.0270. The largest absolute Gasteiger partial charge is 1.00 e. The predicted molar refractivity (Wildman–Crippen MR) is 262 cm³/mol. The van der Waals surface area contributed by atoms with E-state index in [1.54, 1.807) is 0 Å². The summed E-state index contributed by atoms with van der Waals surface area (Å²) in [5, 5.41) is 18.0. The van der Waals surface area contributed by atoms with Crippen LogP contribution in [0.4, 0.5) is 0 Å². The Hall–Kier alpha value is -0.590. The average Bonchev–Trinajstić information content (AvgIpc) is 3.26. The number of aliphatic hydroxyl groups excluding tert-OH is 2. The fraction of sp³-hybridized carbons (Fsp3) is 0.925. The van der Waals surface area contributed by atoms with Gasteiger partial charge in [0.05, 0.1) is 80.1 Å². The first-order valence-electron chi connectivity index (χ1n) is 26.4. The lowest BCUT2D eigenvalue weighted by molar-refractivity contribution is -0.893. The number of allylic oxidation sites excluding steroid dienone is 4. The van der Waals surface area contributed by atoms with Gasteiger partial charge in [-0.15, -0.1) is 0 Å². The molecule has 0 aromatic carbocycles. The Morgan fingerprint density at radius 2 is 0.810 bits per heavy atom. The van der Waals surface area contributed by atoms with Crippen LogP contribution in [-0.2, 0) is 28.4 Å². The summed E-state index contributed by atoms with van der Waals surface area (Å²) in [6, 6.07) is 0. The van der Waals surface area contributed by atoms with Crippen molar-refractivity contribution in [2.45, 2.75) is 219 Å². The highest BCUT2D eigenvalue weighted by atomic mass is 35.5. The Morgan fingerprint density at radius 1 is 0.413 bits per heavy atom. The van der Waals surface area contributed by atoms with Gasteiger partial charge in [0.15, 0.2) is 6.29 Å². The molecule has 378 valence electrons. The van der Waals surface area contributed by atoms with Crippen LogP contribution in [0.1, 0.15) is 206 Å². The van der Waals surface area contributed by atoms with Crippen molar-refractivity contribution in [2.24, 2.45) is 0 Å². The van der Waals surface area contributed by atoms with Crippen LogP contribution in [-0.4, -0.2) is 127 Å². The lowest BCUT2D eigenvalue weighted by Gasteiger charge is -2.34. The summed E-state index contributed by atoms with van der Waals surface area (Å²) in [6.07, 6.45) is 47.8. The van der Waals surface area contributed by atoms with Crippen LogP contribution in [0.15, 0.2) is 24.3 Å². The third-order valence-corrected chi connectivity index (χ3v) is 11.5. The average molecular weight is 921 g/mol. The van der Waals surface area contributed by atoms with E-state index in [0.717, 1.165) is 56.5 Å². The molecule has 1 atom stereocenters. The van der Waals surface area contributed by atoms with Crippen molar-refractivity contribution in [2.75, 3.05) is 99.9 Å². The van der Waals surface area contributed by atoms with Gasteiger partial charge in [-0.05, 0) is 64.2 Å². The van der Waals surface area contributed by atoms with E-state index in [-0.39, 0.29) is 38.0 Å². The first-order chi connectivity index (χ1) is 30.5. The zero-order chi connectivity index (χ0) is 45.1. The van der Waals surface area contributed by atoms with Gasteiger partial charge >= 0.3 is 0 Å². The van der Waals surface area contributed by atoms with Crippen molar-refractivity contribution in [1.82, 2.24) is 0 Å². The van der Waals surface area contributed by atoms with E-state index in [2.05, 4.69) is 52.2 Å². The van der Waals surface area contributed by atoms with Crippen molar-refractivity contribution in [3.05, 3.63) is 24.3 Å². The molecular weight excluding hydrogens is 814 g/mol. The van der Waals surface area contributed by atoms with E-state index < -0.39 is 0 Å². The topological polar surface area (TPSA) is 95.8 Å². The van der Waals surface area contributed by atoms with Crippen molar-refractivity contribution < 1.29 is 55.5 Å². The van der Waals surface area contributed by atoms with Crippen LogP contribution in [0.25, 0.3) is 0 Å². The molecule has 0 saturated carbocycles. The molecule has 0 heterocycles. The molecular formula is C53H106ClNO8. The number of nitrogens with zero attached hydrogens (tertiary/aromatic N) is 1. The number of quaternary nitrogens is 1. The van der Waals surface area contributed by atoms with Crippen LogP contribution in [0.2, 0.25) is 0 Å². The summed E-state index contributed by atoms with van der Waals surface area (Å²) in [6.45, 7) is 10.9. The van der Waals surface area contributed by atoms with Gasteiger partial charge in [0, 0.05) is 26.1 Å². The number of rotatable bonds is 53. The number of unbranched alkanes of at least 4 members (excludes halogenated alkanes) is 24. The maximum atomic E-state index is 8.99. The van der Waals surface area contributed by atoms with Gasteiger partial charge in [-0.2, -0.15) is 0 Å². The molecule has 0 fully saturated rings. The monoisotopic (exact) mass is 920 g/mol. The number of aliphatic hydroxyl groups is 2. The second-order valence-corrected chi connectivity index (χ2v) is 18.3. The molecule has 2 N–H and O–H groups in total. The minimum absolute atomic E-state index is 0. The summed E-state index contributed by atoms with van der Waals surface area (Å²) in [5.74, 6) is 0. The van der Waals surface area contributed by atoms with Gasteiger partial charge in [-0.3, -0.25) is 0 Å². The molecule has 0 aromatic heterocycles. The van der Waals surface area contributed by atoms with Gasteiger partial charge in [0.2, 0.25) is 0 Å². The highest BCUT2D eigenvalue weighted by molar-refractivity contribution is 4.82. The summed E-state index contributed by atoms with van der Waals surface area (Å²) in [5.41, 5.74) is 0. The highest BCUT2D eigenvalue weighted by Crippen LogP contribution is 2.15. The van der Waals surface area contributed by atoms with Crippen molar-refractivity contribution >= 4 is 0 Å². The second kappa shape index (κ2) is 54.0. The van der Waals surface area contributed by atoms with E-state index in [9.17, 15) is 0 Å². The molecule has 9 nitrogen and oxygen atoms in total. The van der Waals surface area contributed by atoms with E-state index >= 15 is 0 Å². The van der Waals surface area contributed by atoms with Crippen LogP contribution in [0, 0.1) is 0 Å². The molecule has 63 heavy (non-hydrogen) atoms. The lowest BCUT2D eigenvalue weighted by atomic mass is 10.1. The van der Waals surface area contributed by atoms with Crippen molar-refractivity contribution in [3.8, 4) is 0 Å². The molecule has 10 heteroatoms. The fourth-order valence-corrected chi connectivity index (χ4v) is 7.77. The molecule has 0 aliphatic carbocycles. The molecule has 0 radical (unpaired) electrons. The Bertz CT molecular complexity index is 896. The summed E-state index contributed by atoms with van der Waals surface area (Å²) < 4.78 is 36.4. The first kappa shape index (κ1) is 64.5. The summed E-state index contributed by atoms with van der Waals surface area (Å²) in [7, 11) is 4.57. The highest BCUT2D eigenvalue weighted by Gasteiger charge is 2.24. The van der Waals surface area contributed by atoms with Crippen LogP contribution in [0.3, 0.4) is 0 Å². The molecule has 0 bridgehead atoms. The van der Waals surface area contributed by atoms with Gasteiger partial charge < -0.3 is 55.5 Å². The maximum Gasteiger partial charge on any atom is 0.158 e. The van der Waals surface area contributed by atoms with Gasteiger partial charge in [0.1, 0.15) is 12.6 Å². The second-order valence-electron chi connectivity index (χ2n) is 18.3. The number of hydrogen-bond donors (Lipinski definition) is 2. The van der Waals surface area contributed by atoms with Gasteiger partial charge in [0.25, 0.3) is 0 Å². The fourth-order valence-electron chi connectivity index (χ4n) is 7.77. The summed E-state index contributed by atoms with van der Waals surface area (Å²) in [4.78, 5) is 0. The third kappa shape index (κ3) is 52.2. The smallest absolute Gasteiger partial charge is 0.158 e. The lowest BCUT2D eigenvalue weighted by Crippen LogP contribution is -3.00. The Morgan fingerprint density at radius 3 is 1.24 bits per heavy atom. The van der Waals surface area contributed by atoms with Crippen LogP contribution < -0.4 is 12.4 Å². The van der Waals surface area contributed by atoms with E-state index in [1.165, 1.54) is 167 Å². The predicted octanol–water partition coefficient (Wildman–Crippen LogP) is 9.70. The zero-order valence-electron chi connectivity index (χ0n) is 42.0. The zero-order valence-corrected chi connectivity index (χ0v) is 42.8. The summed E-state index contributed by atoms with van der Waals surface area (Å²) >= 11 is 0. The normalized spacial score (nSPS) is 12.7. The Labute approximate surface area is 397 Å². The van der Waals surface area contributed by atoms with E-state index in [0.29, 0.717) is 46.2 Å². The first-order valence-corrected chi connectivity index (χ1v) is 26.4. The third-order valence-electron chi connectivity index (χ3n) is 11.5. The molecule has 0 aromatic rings. The molecule has 0 amide bonds. The Kier molecular flexibility index (Phi) is 55.3. The van der Waals surface area contributed by atoms with Crippen LogP contribution in [0.5, 0.6) is 0 Å². The molecule has 0 aliphatic heterocycles. The number of halogens is 1. The van der Waals surface area contributed by atoms with Gasteiger partial charge in [-0.25, -0.2) is 0 Å². The van der Waals surface area contributed by atoms with Crippen molar-refractivity contribution in [1.29, 1.82) is 0 Å². The maximum absolute atomic E-state index is 8.99. The Balaban J connectivity index is 0. The van der Waals surface area contributed by atoms with Crippen molar-refractivity contribution in [3.63, 3.8) is 0 Å². The SMILES string of the molecule is CCCCCCCCC=CCCCCCCCCOCC(C[N+](C)(C)CCCC(OCCOCCO)OCCOCCO)OCCCCCCCCC=CCCCCCCCC.[Cl-]. The molecule has 0 rings (SSSR count). The van der Waals surface area contributed by atoms with E-state index in [1.807, 2.05) is 0 Å². The molecule has 1 unspecified atom stereocenters. The number of ether oxygens (including phenoxy) is 6. The molecule has 0 spiro atoms. The standard InChI is InChI=1S/C53H106NO8.ClH/c1-5-7-9-11-13-15-17-19-21-23-25-27-29-31-33-35-42-59-51-52(60-43-36-34-32-30-28-26-24-22-20-18-16-14-12-10-8-6-2)50-54(3,4)39-37-38-53(61-48-46-57-44-40-55)62-49-47-58-45-41-56;/h19-22,52-53,55-56H,5-18,23-51H2,1-4H3;1H/q+1;/p-1. The number of hydrogen-bond acceptors (Lipinski definition) is 8. The number of likely N-dealkylation sites (N-methyl/N-ethyl adjacent to an activating group) is 1. The minimum atomic E-state index is -0.358.